The Hall–Kier alpha value is -1.81. The quantitative estimate of drug-likeness (QED) is 0.256. The summed E-state index contributed by atoms with van der Waals surface area (Å²) < 4.78 is 0. The topological polar surface area (TPSA) is 60.0 Å². The van der Waals surface area contributed by atoms with Gasteiger partial charge in [0.25, 0.3) is 5.78 Å². The first-order chi connectivity index (χ1) is 8.49. The third-order valence-electron chi connectivity index (χ3n) is 2.60. The van der Waals surface area contributed by atoms with Crippen LogP contribution >= 0.6 is 0 Å². The molecule has 1 aromatic rings. The van der Waals surface area contributed by atoms with E-state index in [0.717, 1.165) is 0 Å². The van der Waals surface area contributed by atoms with Crippen molar-refractivity contribution in [2.45, 2.75) is 6.17 Å². The normalized spacial score (nSPS) is 10.8. The second kappa shape index (κ2) is 6.21. The zero-order valence-electron chi connectivity index (χ0n) is 11.2. The molecule has 0 aliphatic rings. The van der Waals surface area contributed by atoms with Crippen molar-refractivity contribution in [3.63, 3.8) is 0 Å². The summed E-state index contributed by atoms with van der Waals surface area (Å²) in [6.45, 7) is 0. The Kier molecular flexibility index (Phi) is 4.92. The Morgan fingerprint density at radius 2 is 1.61 bits per heavy atom. The molecule has 0 aliphatic carbocycles. The van der Waals surface area contributed by atoms with Crippen LogP contribution in [-0.4, -0.2) is 60.4 Å². The Balaban J connectivity index is 3.12. The zero-order chi connectivity index (χ0) is 13.7. The molecule has 0 heterocycles. The maximum atomic E-state index is 12.3. The molecule has 1 aromatic carbocycles. The molecule has 96 valence electrons. The summed E-state index contributed by atoms with van der Waals surface area (Å²) in [4.78, 5) is 19.1. The van der Waals surface area contributed by atoms with Crippen molar-refractivity contribution >= 4 is 11.5 Å². The number of hydrogen-bond acceptors (Lipinski definition) is 3. The van der Waals surface area contributed by atoms with Crippen LogP contribution in [0.15, 0.2) is 30.3 Å². The van der Waals surface area contributed by atoms with Crippen molar-refractivity contribution in [2.24, 2.45) is 0 Å². The van der Waals surface area contributed by atoms with Crippen LogP contribution in [0.4, 0.5) is 0 Å². The molecule has 0 bridgehead atoms. The Morgan fingerprint density at radius 3 is 2.00 bits per heavy atom. The van der Waals surface area contributed by atoms with Gasteiger partial charge in [-0.2, -0.15) is 4.79 Å². The lowest BCUT2D eigenvalue weighted by molar-refractivity contribution is -0.0238. The van der Waals surface area contributed by atoms with E-state index >= 15 is 0 Å². The standard InChI is InChI=1S/C13H18N4O/c1-16(2)13(17(3)4)11(15-14)12(18)10-8-6-5-7-9-10/h5-9,13H,1-4H3. The number of rotatable bonds is 5. The molecule has 0 atom stereocenters. The largest absolute Gasteiger partial charge is 0.370 e. The summed E-state index contributed by atoms with van der Waals surface area (Å²) in [5.74, 6) is -0.273. The van der Waals surface area contributed by atoms with Gasteiger partial charge in [-0.25, -0.2) is 0 Å². The van der Waals surface area contributed by atoms with E-state index in [1.54, 1.807) is 24.3 Å². The second-order valence-corrected chi connectivity index (χ2v) is 4.48. The summed E-state index contributed by atoms with van der Waals surface area (Å²) >= 11 is 0. The molecule has 0 fully saturated rings. The van der Waals surface area contributed by atoms with Gasteiger partial charge in [0.15, 0.2) is 6.17 Å². The molecular weight excluding hydrogens is 228 g/mol. The summed E-state index contributed by atoms with van der Waals surface area (Å²) in [6, 6.07) is 8.80. The minimum atomic E-state index is -0.372. The smallest absolute Gasteiger partial charge is 0.361 e. The highest BCUT2D eigenvalue weighted by atomic mass is 16.1. The molecule has 0 aliphatic heterocycles. The van der Waals surface area contributed by atoms with Crippen LogP contribution in [-0.2, 0) is 0 Å². The molecule has 0 N–H and O–H groups in total. The molecule has 0 aromatic heterocycles. The van der Waals surface area contributed by atoms with E-state index in [0.29, 0.717) is 5.56 Å². The first kappa shape index (κ1) is 14.3. The lowest BCUT2D eigenvalue weighted by Gasteiger charge is -2.25. The average molecular weight is 246 g/mol. The van der Waals surface area contributed by atoms with E-state index in [1.807, 2.05) is 44.1 Å². The van der Waals surface area contributed by atoms with Crippen molar-refractivity contribution in [1.29, 1.82) is 0 Å². The molecule has 18 heavy (non-hydrogen) atoms. The van der Waals surface area contributed by atoms with Gasteiger partial charge in [0.2, 0.25) is 0 Å². The summed E-state index contributed by atoms with van der Waals surface area (Å²) in [6.07, 6.45) is -0.372. The highest BCUT2D eigenvalue weighted by Gasteiger charge is 2.35. The highest BCUT2D eigenvalue weighted by Crippen LogP contribution is 2.07. The minimum Gasteiger partial charge on any atom is -0.361 e. The molecule has 5 heteroatoms. The zero-order valence-corrected chi connectivity index (χ0v) is 11.2. The van der Waals surface area contributed by atoms with Crippen molar-refractivity contribution in [3.8, 4) is 0 Å². The van der Waals surface area contributed by atoms with E-state index in [1.165, 1.54) is 0 Å². The van der Waals surface area contributed by atoms with Crippen molar-refractivity contribution in [3.05, 3.63) is 41.4 Å². The van der Waals surface area contributed by atoms with Crippen LogP contribution in [0.1, 0.15) is 10.4 Å². The predicted molar refractivity (Wildman–Crippen MR) is 70.6 cm³/mol. The van der Waals surface area contributed by atoms with E-state index in [4.69, 9.17) is 5.53 Å². The number of nitrogens with zero attached hydrogens (tertiary/aromatic N) is 4. The number of benzene rings is 1. The number of carbonyl (C=O) groups excluding carboxylic acids is 1. The maximum absolute atomic E-state index is 12.3. The van der Waals surface area contributed by atoms with Crippen LogP contribution in [0.25, 0.3) is 5.53 Å². The first-order valence-corrected chi connectivity index (χ1v) is 5.63. The van der Waals surface area contributed by atoms with E-state index in [9.17, 15) is 4.79 Å². The first-order valence-electron chi connectivity index (χ1n) is 5.63. The molecular formula is C13H18N4O. The number of ketones is 1. The molecule has 5 nitrogen and oxygen atoms in total. The maximum Gasteiger partial charge on any atom is 0.370 e. The molecule has 0 radical (unpaired) electrons. The van der Waals surface area contributed by atoms with Crippen molar-refractivity contribution < 1.29 is 9.58 Å². The van der Waals surface area contributed by atoms with Crippen LogP contribution in [0.2, 0.25) is 0 Å². The van der Waals surface area contributed by atoms with Crippen molar-refractivity contribution in [2.75, 3.05) is 28.2 Å². The average Bonchev–Trinajstić information content (AvgIpc) is 2.35. The Morgan fingerprint density at radius 1 is 1.11 bits per heavy atom. The molecule has 0 amide bonds. The van der Waals surface area contributed by atoms with Gasteiger partial charge >= 0.3 is 5.71 Å². The fourth-order valence-corrected chi connectivity index (χ4v) is 1.90. The van der Waals surface area contributed by atoms with Crippen LogP contribution in [0, 0.1) is 0 Å². The van der Waals surface area contributed by atoms with Crippen LogP contribution in [0.3, 0.4) is 0 Å². The lowest BCUT2D eigenvalue weighted by Crippen LogP contribution is -2.50. The van der Waals surface area contributed by atoms with Gasteiger partial charge in [0.05, 0.1) is 0 Å². The summed E-state index contributed by atoms with van der Waals surface area (Å²) in [5.41, 5.74) is 9.76. The van der Waals surface area contributed by atoms with Gasteiger partial charge < -0.3 is 5.53 Å². The molecule has 0 spiro atoms. The second-order valence-electron chi connectivity index (χ2n) is 4.48. The highest BCUT2D eigenvalue weighted by molar-refractivity contribution is 6.45. The fourth-order valence-electron chi connectivity index (χ4n) is 1.90. The third kappa shape index (κ3) is 3.11. The van der Waals surface area contributed by atoms with E-state index in [2.05, 4.69) is 4.79 Å². The van der Waals surface area contributed by atoms with Crippen LogP contribution in [0.5, 0.6) is 0 Å². The Bertz CT molecular complexity index is 453. The van der Waals surface area contributed by atoms with Gasteiger partial charge in [-0.05, 0) is 28.2 Å². The number of hydrogen-bond donors (Lipinski definition) is 0. The van der Waals surface area contributed by atoms with Crippen molar-refractivity contribution in [1.82, 2.24) is 9.80 Å². The minimum absolute atomic E-state index is 0.108. The van der Waals surface area contributed by atoms with E-state index < -0.39 is 0 Å². The monoisotopic (exact) mass is 246 g/mol. The van der Waals surface area contributed by atoms with Gasteiger partial charge in [-0.3, -0.25) is 14.6 Å². The summed E-state index contributed by atoms with van der Waals surface area (Å²) in [7, 11) is 7.31. The third-order valence-corrected chi connectivity index (χ3v) is 2.60. The summed E-state index contributed by atoms with van der Waals surface area (Å²) in [5, 5.41) is 0. The SMILES string of the molecule is CN(C)C(C(=[N+]=[N-])C(=O)c1ccccc1)N(C)C. The predicted octanol–water partition coefficient (Wildman–Crippen LogP) is 0.989. The van der Waals surface area contributed by atoms with E-state index in [-0.39, 0.29) is 17.7 Å². The molecule has 0 saturated heterocycles. The fraction of sp³-hybridized carbons (Fsp3) is 0.385. The molecule has 1 rings (SSSR count). The van der Waals surface area contributed by atoms with Gasteiger partial charge in [-0.1, -0.05) is 30.3 Å². The molecule has 0 unspecified atom stereocenters. The lowest BCUT2D eigenvalue weighted by atomic mass is 10.0. The van der Waals surface area contributed by atoms with Gasteiger partial charge in [0, 0.05) is 5.56 Å². The Labute approximate surface area is 107 Å². The van der Waals surface area contributed by atoms with Crippen LogP contribution < -0.4 is 0 Å². The number of carbonyl (C=O) groups is 1. The molecule has 0 saturated carbocycles. The van der Waals surface area contributed by atoms with Gasteiger partial charge in [0.1, 0.15) is 0 Å². The number of Topliss-reactive ketones (excluding diaryl/α,β-unsaturated/α-hetero) is 1. The van der Waals surface area contributed by atoms with Gasteiger partial charge in [-0.15, -0.1) is 0 Å².